The quantitative estimate of drug-likeness (QED) is 0.861. The lowest BCUT2D eigenvalue weighted by Crippen LogP contribution is -2.61. The second kappa shape index (κ2) is 4.97. The molecule has 2 aliphatic rings. The largest absolute Gasteiger partial charge is 0.497 e. The molecule has 1 aromatic carbocycles. The smallest absolute Gasteiger partial charge is 0.201 e. The lowest BCUT2D eigenvalue weighted by Gasteiger charge is -2.58. The number of hydrogen-bond acceptors (Lipinski definition) is 4. The Labute approximate surface area is 130 Å². The molecular weight excluding hydrogens is 280 g/mol. The van der Waals surface area contributed by atoms with Crippen LogP contribution in [0.2, 0.25) is 0 Å². The first-order valence-electron chi connectivity index (χ1n) is 7.43. The van der Waals surface area contributed by atoms with E-state index in [0.717, 1.165) is 11.3 Å². The third-order valence-electron chi connectivity index (χ3n) is 5.36. The van der Waals surface area contributed by atoms with Gasteiger partial charge in [0, 0.05) is 23.3 Å². The van der Waals surface area contributed by atoms with Gasteiger partial charge in [0.15, 0.2) is 11.5 Å². The van der Waals surface area contributed by atoms with Crippen molar-refractivity contribution in [2.75, 3.05) is 14.2 Å². The van der Waals surface area contributed by atoms with E-state index in [2.05, 4.69) is 0 Å². The monoisotopic (exact) mass is 300 g/mol. The van der Waals surface area contributed by atoms with E-state index in [1.165, 1.54) is 13.2 Å². The van der Waals surface area contributed by atoms with Gasteiger partial charge in [0.05, 0.1) is 14.2 Å². The Bertz CT molecular complexity index is 658. The summed E-state index contributed by atoms with van der Waals surface area (Å²) in [6.07, 6.45) is 1.36. The number of ketones is 2. The van der Waals surface area contributed by atoms with Crippen LogP contribution in [0.5, 0.6) is 5.75 Å². The minimum absolute atomic E-state index is 0.0205. The van der Waals surface area contributed by atoms with Crippen LogP contribution in [0.1, 0.15) is 25.3 Å². The molecule has 3 rings (SSSR count). The average Bonchev–Trinajstić information content (AvgIpc) is 2.51. The summed E-state index contributed by atoms with van der Waals surface area (Å²) in [5.41, 5.74) is 0.398. The van der Waals surface area contributed by atoms with E-state index in [0.29, 0.717) is 0 Å². The van der Waals surface area contributed by atoms with Gasteiger partial charge in [-0.1, -0.05) is 26.0 Å². The van der Waals surface area contributed by atoms with Crippen LogP contribution in [-0.2, 0) is 14.3 Å². The fraction of sp³-hybridized carbons (Fsp3) is 0.444. The summed E-state index contributed by atoms with van der Waals surface area (Å²) in [6.45, 7) is 3.93. The molecule has 4 atom stereocenters. The van der Waals surface area contributed by atoms with Crippen LogP contribution in [0, 0.1) is 17.3 Å². The number of carbonyl (C=O) groups is 2. The number of Topliss-reactive ketones (excluding diaryl/α,β-unsaturated/α-hetero) is 1. The van der Waals surface area contributed by atoms with Crippen molar-refractivity contribution >= 4 is 11.6 Å². The molecule has 0 radical (unpaired) electrons. The van der Waals surface area contributed by atoms with Crippen LogP contribution in [0.25, 0.3) is 0 Å². The summed E-state index contributed by atoms with van der Waals surface area (Å²) in [6, 6.07) is 7.75. The highest BCUT2D eigenvalue weighted by Crippen LogP contribution is 2.63. The van der Waals surface area contributed by atoms with Crippen LogP contribution in [0.15, 0.2) is 36.1 Å². The molecule has 0 aromatic heterocycles. The number of rotatable bonds is 3. The van der Waals surface area contributed by atoms with Gasteiger partial charge in [-0.2, -0.15) is 0 Å². The number of hydrogen-bond donors (Lipinski definition) is 0. The number of allylic oxidation sites excluding steroid dienone is 2. The maximum absolute atomic E-state index is 12.6. The van der Waals surface area contributed by atoms with Gasteiger partial charge in [0.25, 0.3) is 0 Å². The van der Waals surface area contributed by atoms with Gasteiger partial charge in [-0.3, -0.25) is 9.59 Å². The minimum atomic E-state index is -0.673. The molecule has 4 heteroatoms. The minimum Gasteiger partial charge on any atom is -0.497 e. The van der Waals surface area contributed by atoms with Gasteiger partial charge in [0.1, 0.15) is 5.75 Å². The molecule has 0 unspecified atom stereocenters. The Hall–Kier alpha value is -2.10. The lowest BCUT2D eigenvalue weighted by molar-refractivity contribution is -0.158. The van der Waals surface area contributed by atoms with Crippen molar-refractivity contribution in [3.05, 3.63) is 41.7 Å². The second-order valence-electron chi connectivity index (χ2n) is 6.31. The molecular formula is C18H20O4. The third kappa shape index (κ3) is 1.76. The summed E-state index contributed by atoms with van der Waals surface area (Å²) >= 11 is 0. The first-order chi connectivity index (χ1) is 10.4. The van der Waals surface area contributed by atoms with E-state index < -0.39 is 5.41 Å². The molecule has 1 saturated carbocycles. The van der Waals surface area contributed by atoms with Gasteiger partial charge in [-0.15, -0.1) is 0 Å². The normalized spacial score (nSPS) is 33.6. The second-order valence-corrected chi connectivity index (χ2v) is 6.31. The van der Waals surface area contributed by atoms with Crippen molar-refractivity contribution in [3.63, 3.8) is 0 Å². The Balaban J connectivity index is 2.00. The van der Waals surface area contributed by atoms with Crippen LogP contribution in [-0.4, -0.2) is 25.8 Å². The highest BCUT2D eigenvalue weighted by Gasteiger charge is 2.65. The molecule has 22 heavy (non-hydrogen) atoms. The average molecular weight is 300 g/mol. The molecule has 0 saturated heterocycles. The fourth-order valence-corrected chi connectivity index (χ4v) is 4.30. The van der Waals surface area contributed by atoms with Crippen molar-refractivity contribution in [1.29, 1.82) is 0 Å². The molecule has 116 valence electrons. The number of ether oxygens (including phenoxy) is 2. The summed E-state index contributed by atoms with van der Waals surface area (Å²) in [7, 11) is 3.06. The number of benzene rings is 1. The van der Waals surface area contributed by atoms with Gasteiger partial charge < -0.3 is 9.47 Å². The predicted molar refractivity (Wildman–Crippen MR) is 81.6 cm³/mol. The van der Waals surface area contributed by atoms with Crippen molar-refractivity contribution in [2.45, 2.75) is 19.8 Å². The topological polar surface area (TPSA) is 52.6 Å². The number of methoxy groups -OCH3 is 2. The van der Waals surface area contributed by atoms with Gasteiger partial charge in [-0.05, 0) is 23.6 Å². The van der Waals surface area contributed by atoms with E-state index in [1.54, 1.807) is 7.11 Å². The van der Waals surface area contributed by atoms with E-state index in [4.69, 9.17) is 9.47 Å². The lowest BCUT2D eigenvalue weighted by atomic mass is 9.42. The molecule has 2 aliphatic carbocycles. The molecule has 0 aliphatic heterocycles. The molecule has 0 bridgehead atoms. The predicted octanol–water partition coefficient (Wildman–Crippen LogP) is 2.73. The Morgan fingerprint density at radius 2 is 1.64 bits per heavy atom. The standard InChI is InChI=1S/C18H20O4/c1-10-15(11-5-7-12(21-3)8-6-11)18(2)14(19)9-13(22-4)17(20)16(10)18/h5-10,15-16H,1-4H3/t10-,15-,16-,18-/m0/s1. The molecule has 4 nitrogen and oxygen atoms in total. The first-order valence-corrected chi connectivity index (χ1v) is 7.43. The third-order valence-corrected chi connectivity index (χ3v) is 5.36. The Morgan fingerprint density at radius 3 is 2.18 bits per heavy atom. The summed E-state index contributed by atoms with van der Waals surface area (Å²) in [5.74, 6) is 0.738. The summed E-state index contributed by atoms with van der Waals surface area (Å²) < 4.78 is 10.2. The van der Waals surface area contributed by atoms with Gasteiger partial charge in [-0.25, -0.2) is 0 Å². The summed E-state index contributed by atoms with van der Waals surface area (Å²) in [4.78, 5) is 25.1. The maximum atomic E-state index is 12.6. The highest BCUT2D eigenvalue weighted by molar-refractivity contribution is 6.13. The van der Waals surface area contributed by atoms with Crippen LogP contribution < -0.4 is 4.74 Å². The van der Waals surface area contributed by atoms with Crippen LogP contribution in [0.3, 0.4) is 0 Å². The zero-order valence-electron chi connectivity index (χ0n) is 13.3. The molecule has 1 fully saturated rings. The molecule has 0 heterocycles. The van der Waals surface area contributed by atoms with Crippen molar-refractivity contribution < 1.29 is 19.1 Å². The Morgan fingerprint density at radius 1 is 1.00 bits per heavy atom. The van der Waals surface area contributed by atoms with E-state index in [1.807, 2.05) is 38.1 Å². The van der Waals surface area contributed by atoms with Gasteiger partial charge in [0.2, 0.25) is 5.78 Å². The zero-order chi connectivity index (χ0) is 16.1. The highest BCUT2D eigenvalue weighted by atomic mass is 16.5. The molecule has 1 aromatic rings. The van der Waals surface area contributed by atoms with Crippen LogP contribution in [0.4, 0.5) is 0 Å². The zero-order valence-corrected chi connectivity index (χ0v) is 13.3. The van der Waals surface area contributed by atoms with E-state index in [9.17, 15) is 9.59 Å². The van der Waals surface area contributed by atoms with Crippen molar-refractivity contribution in [2.24, 2.45) is 17.3 Å². The van der Waals surface area contributed by atoms with Gasteiger partial charge >= 0.3 is 0 Å². The summed E-state index contributed by atoms with van der Waals surface area (Å²) in [5, 5.41) is 0. The Kier molecular flexibility index (Phi) is 3.35. The van der Waals surface area contributed by atoms with Crippen molar-refractivity contribution in [1.82, 2.24) is 0 Å². The van der Waals surface area contributed by atoms with E-state index in [-0.39, 0.29) is 35.1 Å². The van der Waals surface area contributed by atoms with Crippen LogP contribution >= 0.6 is 0 Å². The van der Waals surface area contributed by atoms with E-state index >= 15 is 0 Å². The molecule has 0 amide bonds. The first kappa shape index (κ1) is 14.8. The van der Waals surface area contributed by atoms with Crippen molar-refractivity contribution in [3.8, 4) is 5.75 Å². The molecule has 0 spiro atoms. The molecule has 0 N–H and O–H groups in total. The number of carbonyl (C=O) groups excluding carboxylic acids is 2. The number of fused-ring (bicyclic) bond motifs is 1. The maximum Gasteiger partial charge on any atom is 0.201 e. The SMILES string of the molecule is COC1=CC(=O)[C@]2(C)[C@H](C1=O)[C@@H](C)[C@H]2c1ccc(OC)cc1. The fourth-order valence-electron chi connectivity index (χ4n) is 4.30.